The van der Waals surface area contributed by atoms with Crippen LogP contribution in [0.1, 0.15) is 11.1 Å². The molecule has 0 saturated heterocycles. The van der Waals surface area contributed by atoms with E-state index in [1.54, 1.807) is 6.07 Å². The van der Waals surface area contributed by atoms with Crippen molar-refractivity contribution < 1.29 is 14.3 Å². The summed E-state index contributed by atoms with van der Waals surface area (Å²) in [5.41, 5.74) is 7.24. The van der Waals surface area contributed by atoms with Gasteiger partial charge in [-0.15, -0.1) is 0 Å². The summed E-state index contributed by atoms with van der Waals surface area (Å²) in [4.78, 5) is 10.9. The van der Waals surface area contributed by atoms with Crippen LogP contribution < -0.4 is 20.5 Å². The summed E-state index contributed by atoms with van der Waals surface area (Å²) in [6.07, 6.45) is 0.891. The van der Waals surface area contributed by atoms with Crippen molar-refractivity contribution >= 4 is 29.1 Å². The maximum absolute atomic E-state index is 10.9. The molecule has 0 radical (unpaired) electrons. The molecule has 0 aromatic heterocycles. The molecule has 0 fully saturated rings. The van der Waals surface area contributed by atoms with Gasteiger partial charge in [-0.25, -0.2) is 0 Å². The van der Waals surface area contributed by atoms with Crippen LogP contribution in [-0.2, 0) is 17.8 Å². The van der Waals surface area contributed by atoms with Gasteiger partial charge in [0.2, 0.25) is 0 Å². The zero-order valence-corrected chi connectivity index (χ0v) is 15.4. The minimum Gasteiger partial charge on any atom is -0.493 e. The van der Waals surface area contributed by atoms with Crippen molar-refractivity contribution in [3.05, 3.63) is 57.6 Å². The second-order valence-electron chi connectivity index (χ2n) is 5.42. The van der Waals surface area contributed by atoms with Crippen molar-refractivity contribution in [2.24, 2.45) is 5.73 Å². The lowest BCUT2D eigenvalue weighted by molar-refractivity contribution is -0.119. The van der Waals surface area contributed by atoms with Crippen LogP contribution in [0.2, 0.25) is 10.0 Å². The number of nitrogens with two attached hydrogens (primary N) is 1. The number of primary amides is 1. The van der Waals surface area contributed by atoms with E-state index < -0.39 is 5.91 Å². The van der Waals surface area contributed by atoms with Crippen molar-refractivity contribution in [1.29, 1.82) is 0 Å². The average molecular weight is 383 g/mol. The third-order valence-electron chi connectivity index (χ3n) is 3.48. The summed E-state index contributed by atoms with van der Waals surface area (Å²) in [6.45, 7) is 1.18. The van der Waals surface area contributed by atoms with Gasteiger partial charge in [-0.2, -0.15) is 0 Å². The molecule has 0 heterocycles. The first-order chi connectivity index (χ1) is 12.0. The highest BCUT2D eigenvalue weighted by molar-refractivity contribution is 6.32. The van der Waals surface area contributed by atoms with Crippen LogP contribution in [0.25, 0.3) is 0 Å². The average Bonchev–Trinajstić information content (AvgIpc) is 2.58. The minimum absolute atomic E-state index is 0.255. The molecule has 2 aromatic carbocycles. The molecule has 0 aliphatic heterocycles. The molecule has 3 N–H and O–H groups in total. The number of carbonyl (C=O) groups excluding carboxylic acids is 1. The Bertz CT molecular complexity index is 721. The maximum atomic E-state index is 10.9. The number of hydrogen-bond acceptors (Lipinski definition) is 4. The molecule has 0 atom stereocenters. The van der Waals surface area contributed by atoms with Gasteiger partial charge in [0, 0.05) is 11.6 Å². The lowest BCUT2D eigenvalue weighted by atomic mass is 10.1. The Kier molecular flexibility index (Phi) is 7.37. The highest BCUT2D eigenvalue weighted by Gasteiger charge is 2.13. The molecule has 0 bridgehead atoms. The van der Waals surface area contributed by atoms with Crippen LogP contribution in [0.5, 0.6) is 11.5 Å². The number of rotatable bonds is 9. The van der Waals surface area contributed by atoms with Gasteiger partial charge >= 0.3 is 0 Å². The molecule has 0 aliphatic rings. The molecular weight excluding hydrogens is 363 g/mol. The number of carbonyl (C=O) groups is 1. The Morgan fingerprint density at radius 2 is 1.88 bits per heavy atom. The standard InChI is InChI=1S/C18H20Cl2N2O3/c1-24-16-9-13(8-15(20)18(16)25-11-17(21)23)10-22-7-6-12-2-4-14(19)5-3-12/h2-5,8-9,22H,6-7,10-11H2,1H3,(H2,21,23). The van der Waals surface area contributed by atoms with E-state index >= 15 is 0 Å². The van der Waals surface area contributed by atoms with Crippen LogP contribution in [0.3, 0.4) is 0 Å². The van der Waals surface area contributed by atoms with Crippen molar-refractivity contribution in [3.63, 3.8) is 0 Å². The number of ether oxygens (including phenoxy) is 2. The zero-order valence-electron chi connectivity index (χ0n) is 13.9. The van der Waals surface area contributed by atoms with E-state index in [9.17, 15) is 4.79 Å². The molecule has 0 saturated carbocycles. The fraction of sp³-hybridized carbons (Fsp3) is 0.278. The largest absolute Gasteiger partial charge is 0.493 e. The van der Waals surface area contributed by atoms with Gasteiger partial charge < -0.3 is 20.5 Å². The Morgan fingerprint density at radius 1 is 1.16 bits per heavy atom. The van der Waals surface area contributed by atoms with Crippen LogP contribution in [0.4, 0.5) is 0 Å². The minimum atomic E-state index is -0.578. The van der Waals surface area contributed by atoms with Gasteiger partial charge in [-0.05, 0) is 48.4 Å². The summed E-state index contributed by atoms with van der Waals surface area (Å²) in [5.74, 6) is 0.196. The van der Waals surface area contributed by atoms with Gasteiger partial charge in [-0.3, -0.25) is 4.79 Å². The normalized spacial score (nSPS) is 10.5. The van der Waals surface area contributed by atoms with Gasteiger partial charge in [0.25, 0.3) is 5.91 Å². The van der Waals surface area contributed by atoms with Gasteiger partial charge in [0.15, 0.2) is 18.1 Å². The maximum Gasteiger partial charge on any atom is 0.255 e. The van der Waals surface area contributed by atoms with E-state index in [1.807, 2.05) is 30.3 Å². The Morgan fingerprint density at radius 3 is 2.52 bits per heavy atom. The predicted molar refractivity (Wildman–Crippen MR) is 99.6 cm³/mol. The lowest BCUT2D eigenvalue weighted by Gasteiger charge is -2.14. The van der Waals surface area contributed by atoms with Crippen molar-refractivity contribution in [2.75, 3.05) is 20.3 Å². The molecular formula is C18H20Cl2N2O3. The molecule has 134 valence electrons. The molecule has 1 amide bonds. The number of hydrogen-bond donors (Lipinski definition) is 2. The van der Waals surface area contributed by atoms with E-state index in [1.165, 1.54) is 12.7 Å². The summed E-state index contributed by atoms with van der Waals surface area (Å²) >= 11 is 12.1. The van der Waals surface area contributed by atoms with E-state index in [2.05, 4.69) is 5.32 Å². The van der Waals surface area contributed by atoms with Gasteiger partial charge in [0.05, 0.1) is 12.1 Å². The Hall–Kier alpha value is -1.95. The zero-order chi connectivity index (χ0) is 18.2. The highest BCUT2D eigenvalue weighted by Crippen LogP contribution is 2.36. The Labute approximate surface area is 157 Å². The van der Waals surface area contributed by atoms with E-state index in [0.29, 0.717) is 23.1 Å². The van der Waals surface area contributed by atoms with Crippen LogP contribution in [0, 0.1) is 0 Å². The number of amides is 1. The van der Waals surface area contributed by atoms with E-state index in [0.717, 1.165) is 23.6 Å². The topological polar surface area (TPSA) is 73.6 Å². The first kappa shape index (κ1) is 19.4. The van der Waals surface area contributed by atoms with E-state index in [-0.39, 0.29) is 6.61 Å². The molecule has 7 heteroatoms. The molecule has 5 nitrogen and oxygen atoms in total. The fourth-order valence-electron chi connectivity index (χ4n) is 2.28. The Balaban J connectivity index is 1.92. The van der Waals surface area contributed by atoms with Crippen LogP contribution in [-0.4, -0.2) is 26.2 Å². The monoisotopic (exact) mass is 382 g/mol. The summed E-state index contributed by atoms with van der Waals surface area (Å²) in [6, 6.07) is 11.4. The number of benzene rings is 2. The molecule has 0 unspecified atom stereocenters. The van der Waals surface area contributed by atoms with Crippen molar-refractivity contribution in [1.82, 2.24) is 5.32 Å². The fourth-order valence-corrected chi connectivity index (χ4v) is 2.69. The smallest absolute Gasteiger partial charge is 0.255 e. The quantitative estimate of drug-likeness (QED) is 0.653. The first-order valence-corrected chi connectivity index (χ1v) is 8.48. The van der Waals surface area contributed by atoms with Gasteiger partial charge in [-0.1, -0.05) is 35.3 Å². The predicted octanol–water partition coefficient (Wildman–Crippen LogP) is 3.20. The number of nitrogens with one attached hydrogen (secondary N) is 1. The summed E-state index contributed by atoms with van der Waals surface area (Å²) in [5, 5.41) is 4.45. The molecule has 0 aliphatic carbocycles. The SMILES string of the molecule is COc1cc(CNCCc2ccc(Cl)cc2)cc(Cl)c1OCC(N)=O. The van der Waals surface area contributed by atoms with Crippen molar-refractivity contribution in [3.8, 4) is 11.5 Å². The molecule has 25 heavy (non-hydrogen) atoms. The second-order valence-corrected chi connectivity index (χ2v) is 6.26. The number of halogens is 2. The van der Waals surface area contributed by atoms with Crippen molar-refractivity contribution in [2.45, 2.75) is 13.0 Å². The van der Waals surface area contributed by atoms with Crippen LogP contribution in [0.15, 0.2) is 36.4 Å². The second kappa shape index (κ2) is 9.51. The van der Waals surface area contributed by atoms with Gasteiger partial charge in [0.1, 0.15) is 0 Å². The van der Waals surface area contributed by atoms with Crippen LogP contribution >= 0.6 is 23.2 Å². The molecule has 2 aromatic rings. The first-order valence-electron chi connectivity index (χ1n) is 7.72. The summed E-state index contributed by atoms with van der Waals surface area (Å²) < 4.78 is 10.6. The summed E-state index contributed by atoms with van der Waals surface area (Å²) in [7, 11) is 1.51. The third kappa shape index (κ3) is 6.12. The van der Waals surface area contributed by atoms with E-state index in [4.69, 9.17) is 38.4 Å². The third-order valence-corrected chi connectivity index (χ3v) is 4.01. The molecule has 0 spiro atoms. The number of methoxy groups -OCH3 is 1. The highest BCUT2D eigenvalue weighted by atomic mass is 35.5. The lowest BCUT2D eigenvalue weighted by Crippen LogP contribution is -2.20. The molecule has 2 rings (SSSR count).